The first-order valence-corrected chi connectivity index (χ1v) is 10.9. The van der Waals surface area contributed by atoms with Gasteiger partial charge in [0.2, 0.25) is 0 Å². The molecule has 2 atom stereocenters. The van der Waals surface area contributed by atoms with E-state index < -0.39 is 5.97 Å². The summed E-state index contributed by atoms with van der Waals surface area (Å²) in [6.07, 6.45) is 4.35. The molecule has 1 aliphatic heterocycles. The van der Waals surface area contributed by atoms with E-state index in [9.17, 15) is 9.90 Å². The average Bonchev–Trinajstić information content (AvgIpc) is 2.74. The molecule has 0 radical (unpaired) electrons. The number of aliphatic imine (C=N–C) groups is 1. The van der Waals surface area contributed by atoms with Gasteiger partial charge in [0.1, 0.15) is 0 Å². The maximum absolute atomic E-state index is 12.1. The maximum atomic E-state index is 12.1. The minimum absolute atomic E-state index is 0.0215. The van der Waals surface area contributed by atoms with Crippen LogP contribution in [0.5, 0.6) is 0 Å². The Hall–Kier alpha value is -3.34. The van der Waals surface area contributed by atoms with Crippen molar-refractivity contribution < 1.29 is 9.90 Å². The number of nitrogens with zero attached hydrogens (tertiary/aromatic N) is 1. The predicted octanol–water partition coefficient (Wildman–Crippen LogP) is 5.60. The summed E-state index contributed by atoms with van der Waals surface area (Å²) >= 11 is 0. The summed E-state index contributed by atoms with van der Waals surface area (Å²) in [4.78, 5) is 16.7. The number of nitrogens with one attached hydrogen (secondary N) is 2. The van der Waals surface area contributed by atoms with Gasteiger partial charge in [0.25, 0.3) is 0 Å². The lowest BCUT2D eigenvalue weighted by Crippen LogP contribution is -2.30. The van der Waals surface area contributed by atoms with Crippen LogP contribution in [0.15, 0.2) is 64.8 Å². The van der Waals surface area contributed by atoms with Crippen LogP contribution in [0.4, 0.5) is 11.4 Å². The summed E-state index contributed by atoms with van der Waals surface area (Å²) in [7, 11) is 0. The summed E-state index contributed by atoms with van der Waals surface area (Å²) in [5.41, 5.74) is 8.72. The number of hydrogen-bond acceptors (Lipinski definition) is 4. The summed E-state index contributed by atoms with van der Waals surface area (Å²) in [5.74, 6) is -0.970. The van der Waals surface area contributed by atoms with Crippen molar-refractivity contribution in [1.82, 2.24) is 0 Å². The molecule has 0 unspecified atom stereocenters. The maximum Gasteiger partial charge on any atom is 0.335 e. The van der Waals surface area contributed by atoms with Crippen molar-refractivity contribution in [2.45, 2.75) is 33.6 Å². The Morgan fingerprint density at radius 1 is 1.16 bits per heavy atom. The first kappa shape index (κ1) is 20.9. The first-order valence-electron chi connectivity index (χ1n) is 10.9. The SMILES string of the molecule is CCN=C1C=C2Nc3cc(NCC)c(C)cc3[C@@H](c3ccccc3C(=O)O)[C@@H]2C=C1C. The second-order valence-electron chi connectivity index (χ2n) is 8.11. The van der Waals surface area contributed by atoms with Gasteiger partial charge in [-0.15, -0.1) is 0 Å². The Balaban J connectivity index is 1.96. The molecule has 31 heavy (non-hydrogen) atoms. The fourth-order valence-corrected chi connectivity index (χ4v) is 4.69. The number of aromatic carboxylic acids is 1. The number of carbonyl (C=O) groups is 1. The van der Waals surface area contributed by atoms with Gasteiger partial charge in [-0.05, 0) is 68.2 Å². The zero-order valence-electron chi connectivity index (χ0n) is 18.5. The lowest BCUT2D eigenvalue weighted by atomic mass is 9.71. The summed E-state index contributed by atoms with van der Waals surface area (Å²) in [6.45, 7) is 9.85. The molecular weight excluding hydrogens is 386 g/mol. The number of fused-ring (bicyclic) bond motifs is 2. The molecule has 2 aliphatic rings. The number of allylic oxidation sites excluding steroid dienone is 3. The molecule has 0 fully saturated rings. The molecule has 0 spiro atoms. The van der Waals surface area contributed by atoms with E-state index >= 15 is 0 Å². The highest BCUT2D eigenvalue weighted by atomic mass is 16.4. The van der Waals surface area contributed by atoms with E-state index in [-0.39, 0.29) is 11.8 Å². The Labute approximate surface area is 183 Å². The van der Waals surface area contributed by atoms with Crippen molar-refractivity contribution in [1.29, 1.82) is 0 Å². The number of aryl methyl sites for hydroxylation is 1. The summed E-state index contributed by atoms with van der Waals surface area (Å²) < 4.78 is 0. The third kappa shape index (κ3) is 3.76. The highest BCUT2D eigenvalue weighted by molar-refractivity contribution is 6.10. The summed E-state index contributed by atoms with van der Waals surface area (Å²) in [5, 5.41) is 17.0. The first-order chi connectivity index (χ1) is 14.9. The molecule has 0 saturated carbocycles. The van der Waals surface area contributed by atoms with E-state index in [0.29, 0.717) is 5.56 Å². The average molecular weight is 416 g/mol. The number of carboxylic acids is 1. The smallest absolute Gasteiger partial charge is 0.335 e. The van der Waals surface area contributed by atoms with E-state index in [1.165, 1.54) is 0 Å². The Morgan fingerprint density at radius 3 is 2.65 bits per heavy atom. The molecule has 2 aromatic carbocycles. The number of anilines is 2. The van der Waals surface area contributed by atoms with Crippen LogP contribution in [0, 0.1) is 12.8 Å². The number of rotatable bonds is 5. The fraction of sp³-hybridized carbons (Fsp3) is 0.308. The van der Waals surface area contributed by atoms with Gasteiger partial charge in [0.15, 0.2) is 0 Å². The summed E-state index contributed by atoms with van der Waals surface area (Å²) in [6, 6.07) is 11.7. The fourth-order valence-electron chi connectivity index (χ4n) is 4.69. The van der Waals surface area contributed by atoms with Crippen molar-refractivity contribution in [3.8, 4) is 0 Å². The van der Waals surface area contributed by atoms with Crippen LogP contribution >= 0.6 is 0 Å². The minimum Gasteiger partial charge on any atom is -0.478 e. The molecule has 1 heterocycles. The van der Waals surface area contributed by atoms with Gasteiger partial charge in [-0.25, -0.2) is 4.79 Å². The molecule has 2 aromatic rings. The van der Waals surface area contributed by atoms with Crippen molar-refractivity contribution in [3.63, 3.8) is 0 Å². The van der Waals surface area contributed by atoms with Crippen LogP contribution in [-0.4, -0.2) is 29.9 Å². The number of carboxylic acid groups (broad SMARTS) is 1. The third-order valence-corrected chi connectivity index (χ3v) is 6.08. The molecule has 0 bridgehead atoms. The Bertz CT molecular complexity index is 1130. The van der Waals surface area contributed by atoms with Gasteiger partial charge >= 0.3 is 5.97 Å². The van der Waals surface area contributed by atoms with Gasteiger partial charge in [0.05, 0.1) is 11.3 Å². The van der Waals surface area contributed by atoms with Crippen LogP contribution in [0.25, 0.3) is 0 Å². The monoisotopic (exact) mass is 415 g/mol. The van der Waals surface area contributed by atoms with E-state index in [0.717, 1.165) is 58.1 Å². The topological polar surface area (TPSA) is 73.7 Å². The van der Waals surface area contributed by atoms with Crippen molar-refractivity contribution in [2.24, 2.45) is 10.9 Å². The van der Waals surface area contributed by atoms with Crippen LogP contribution in [-0.2, 0) is 0 Å². The van der Waals surface area contributed by atoms with Crippen LogP contribution in [0.3, 0.4) is 0 Å². The van der Waals surface area contributed by atoms with Crippen molar-refractivity contribution in [3.05, 3.63) is 82.1 Å². The zero-order chi connectivity index (χ0) is 22.1. The van der Waals surface area contributed by atoms with Gasteiger partial charge in [-0.3, -0.25) is 4.99 Å². The zero-order valence-corrected chi connectivity index (χ0v) is 18.5. The quantitative estimate of drug-likeness (QED) is 0.594. The van der Waals surface area contributed by atoms with E-state index in [1.807, 2.05) is 19.1 Å². The minimum atomic E-state index is -0.896. The lowest BCUT2D eigenvalue weighted by molar-refractivity contribution is 0.0695. The highest BCUT2D eigenvalue weighted by Gasteiger charge is 2.37. The van der Waals surface area contributed by atoms with Gasteiger partial charge in [-0.1, -0.05) is 30.3 Å². The van der Waals surface area contributed by atoms with Crippen LogP contribution < -0.4 is 10.6 Å². The Kier molecular flexibility index (Phi) is 5.68. The molecule has 1 aliphatic carbocycles. The second kappa shape index (κ2) is 8.42. The largest absolute Gasteiger partial charge is 0.478 e. The Morgan fingerprint density at radius 2 is 1.94 bits per heavy atom. The van der Waals surface area contributed by atoms with E-state index in [2.05, 4.69) is 60.7 Å². The molecule has 5 heteroatoms. The molecule has 5 nitrogen and oxygen atoms in total. The highest BCUT2D eigenvalue weighted by Crippen LogP contribution is 2.48. The van der Waals surface area contributed by atoms with Crippen LogP contribution in [0.2, 0.25) is 0 Å². The molecule has 3 N–H and O–H groups in total. The van der Waals surface area contributed by atoms with E-state index in [4.69, 9.17) is 0 Å². The van der Waals surface area contributed by atoms with Crippen LogP contribution in [0.1, 0.15) is 53.7 Å². The third-order valence-electron chi connectivity index (χ3n) is 6.08. The van der Waals surface area contributed by atoms with Crippen molar-refractivity contribution in [2.75, 3.05) is 23.7 Å². The number of benzene rings is 2. The lowest BCUT2D eigenvalue weighted by Gasteiger charge is -2.38. The number of hydrogen-bond donors (Lipinski definition) is 3. The second-order valence-corrected chi connectivity index (χ2v) is 8.11. The molecule has 4 rings (SSSR count). The predicted molar refractivity (Wildman–Crippen MR) is 128 cm³/mol. The molecular formula is C26H29N3O2. The molecule has 0 aromatic heterocycles. The van der Waals surface area contributed by atoms with Crippen molar-refractivity contribution >= 4 is 23.1 Å². The normalized spacial score (nSPS) is 20.8. The van der Waals surface area contributed by atoms with Gasteiger partial charge in [0, 0.05) is 42.0 Å². The molecule has 0 amide bonds. The molecule has 160 valence electrons. The van der Waals surface area contributed by atoms with E-state index in [1.54, 1.807) is 12.1 Å². The molecule has 0 saturated heterocycles. The standard InChI is InChI=1S/C26H29N3O2/c1-5-27-21-13-23-19(11-15(21)3)25(17-9-7-8-10-18(17)26(30)31)20-12-16(4)22(28-6-2)14-24(20)29-23/h7-14,19,25,28-29H,5-6H2,1-4H3,(H,30,31)/t19-,25+/m1/s1. The van der Waals surface area contributed by atoms with Gasteiger partial charge < -0.3 is 15.7 Å². The van der Waals surface area contributed by atoms with Gasteiger partial charge in [-0.2, -0.15) is 0 Å².